The number of hydrogen-bond acceptors (Lipinski definition) is 8. The fourth-order valence-corrected chi connectivity index (χ4v) is 4.22. The minimum absolute atomic E-state index is 0.0588. The van der Waals surface area contributed by atoms with Gasteiger partial charge < -0.3 is 10.6 Å². The third-order valence-corrected chi connectivity index (χ3v) is 5.90. The molecule has 0 aliphatic rings. The Morgan fingerprint density at radius 2 is 2.06 bits per heavy atom. The molecule has 31 heavy (non-hydrogen) atoms. The van der Waals surface area contributed by atoms with E-state index in [1.807, 2.05) is 22.9 Å². The molecule has 0 aliphatic carbocycles. The first kappa shape index (κ1) is 20.6. The fraction of sp³-hybridized carbons (Fsp3) is 0.111. The highest BCUT2D eigenvalue weighted by Gasteiger charge is 2.18. The highest BCUT2D eigenvalue weighted by molar-refractivity contribution is 7.15. The largest absolute Gasteiger partial charge is 0.347 e. The predicted octanol–water partition coefficient (Wildman–Crippen LogP) is 2.86. The van der Waals surface area contributed by atoms with Crippen molar-refractivity contribution in [3.05, 3.63) is 62.7 Å². The lowest BCUT2D eigenvalue weighted by molar-refractivity contribution is -0.387. The van der Waals surface area contributed by atoms with Gasteiger partial charge in [0.15, 0.2) is 5.82 Å². The van der Waals surface area contributed by atoms with Crippen LogP contribution in [0.15, 0.2) is 41.1 Å². The number of thiophene rings is 1. The molecule has 0 spiro atoms. The van der Waals surface area contributed by atoms with E-state index >= 15 is 0 Å². The number of aromatic nitrogens is 3. The Morgan fingerprint density at radius 3 is 2.81 bits per heavy atom. The molecule has 2 amide bonds. The molecule has 13 heteroatoms. The highest BCUT2D eigenvalue weighted by Crippen LogP contribution is 2.24. The number of hydrogen-bond donors (Lipinski definition) is 2. The highest BCUT2D eigenvalue weighted by atomic mass is 32.1. The smallest absolute Gasteiger partial charge is 0.313 e. The second-order valence-corrected chi connectivity index (χ2v) is 8.00. The van der Waals surface area contributed by atoms with Crippen LogP contribution in [0.4, 0.5) is 15.8 Å². The fourth-order valence-electron chi connectivity index (χ4n) is 2.71. The summed E-state index contributed by atoms with van der Waals surface area (Å²) in [5, 5.41) is 23.8. The van der Waals surface area contributed by atoms with Gasteiger partial charge in [0.05, 0.1) is 15.5 Å². The lowest BCUT2D eigenvalue weighted by Gasteiger charge is -2.06. The molecular weight excluding hydrogens is 447 g/mol. The summed E-state index contributed by atoms with van der Waals surface area (Å²) in [5.74, 6) is -2.35. The van der Waals surface area contributed by atoms with Crippen LogP contribution in [0, 0.1) is 15.9 Å². The Kier molecular flexibility index (Phi) is 5.68. The Balaban J connectivity index is 1.34. The van der Waals surface area contributed by atoms with E-state index < -0.39 is 28.2 Å². The summed E-state index contributed by atoms with van der Waals surface area (Å²) in [6, 6.07) is 6.67. The zero-order valence-electron chi connectivity index (χ0n) is 15.6. The molecule has 158 valence electrons. The summed E-state index contributed by atoms with van der Waals surface area (Å²) < 4.78 is 15.1. The average molecular weight is 460 g/mol. The Bertz CT molecular complexity index is 1280. The van der Waals surface area contributed by atoms with Crippen LogP contribution >= 0.6 is 22.7 Å². The van der Waals surface area contributed by atoms with Gasteiger partial charge in [-0.15, -0.1) is 27.8 Å². The van der Waals surface area contributed by atoms with Gasteiger partial charge in [-0.2, -0.15) is 9.37 Å². The Labute approximate surface area is 181 Å². The lowest BCUT2D eigenvalue weighted by atomic mass is 10.2. The maximum Gasteiger partial charge on any atom is 0.313 e. The Morgan fingerprint density at radius 1 is 1.23 bits per heavy atom. The van der Waals surface area contributed by atoms with Crippen LogP contribution in [0.2, 0.25) is 0 Å². The second kappa shape index (κ2) is 8.57. The number of carbonyl (C=O) groups is 2. The lowest BCUT2D eigenvalue weighted by Crippen LogP contribution is -2.36. The number of benzene rings is 1. The van der Waals surface area contributed by atoms with E-state index in [1.165, 1.54) is 22.7 Å². The zero-order chi connectivity index (χ0) is 22.0. The second-order valence-electron chi connectivity index (χ2n) is 6.22. The van der Waals surface area contributed by atoms with Crippen LogP contribution in [0.1, 0.15) is 5.69 Å². The topological polar surface area (TPSA) is 132 Å². The first-order valence-corrected chi connectivity index (χ1v) is 10.6. The van der Waals surface area contributed by atoms with Gasteiger partial charge in [0, 0.05) is 30.1 Å². The van der Waals surface area contributed by atoms with Crippen LogP contribution in [0.25, 0.3) is 15.7 Å². The molecule has 0 saturated carbocycles. The molecule has 2 N–H and O–H groups in total. The van der Waals surface area contributed by atoms with Crippen LogP contribution < -0.4 is 10.6 Å². The molecule has 3 heterocycles. The maximum atomic E-state index is 13.4. The molecule has 0 aliphatic heterocycles. The molecular formula is C18H13FN6O4S2. The third kappa shape index (κ3) is 4.41. The summed E-state index contributed by atoms with van der Waals surface area (Å²) in [6.45, 7) is 0.163. The number of anilines is 1. The van der Waals surface area contributed by atoms with Crippen molar-refractivity contribution in [1.82, 2.24) is 19.9 Å². The van der Waals surface area contributed by atoms with Crippen molar-refractivity contribution in [2.75, 3.05) is 11.9 Å². The Hall–Kier alpha value is -3.71. The first-order chi connectivity index (χ1) is 14.9. The van der Waals surface area contributed by atoms with Crippen LogP contribution in [0.3, 0.4) is 0 Å². The molecule has 0 bridgehead atoms. The third-order valence-electron chi connectivity index (χ3n) is 4.17. The van der Waals surface area contributed by atoms with Crippen molar-refractivity contribution in [1.29, 1.82) is 0 Å². The van der Waals surface area contributed by atoms with Gasteiger partial charge in [-0.05, 0) is 23.6 Å². The van der Waals surface area contributed by atoms with Crippen LogP contribution in [-0.4, -0.2) is 37.9 Å². The maximum absolute atomic E-state index is 13.4. The summed E-state index contributed by atoms with van der Waals surface area (Å²) in [4.78, 5) is 40.0. The molecule has 0 atom stereocenters. The minimum atomic E-state index is -1.04. The molecule has 0 fully saturated rings. The van der Waals surface area contributed by atoms with Crippen molar-refractivity contribution in [3.8, 4) is 10.7 Å². The van der Waals surface area contributed by atoms with Gasteiger partial charge in [0.1, 0.15) is 0 Å². The number of nitro groups is 1. The molecule has 3 aromatic heterocycles. The molecule has 1 aromatic carbocycles. The molecule has 10 nitrogen and oxygen atoms in total. The molecule has 0 unspecified atom stereocenters. The zero-order valence-corrected chi connectivity index (χ0v) is 17.2. The summed E-state index contributed by atoms with van der Waals surface area (Å²) in [7, 11) is 0. The van der Waals surface area contributed by atoms with Gasteiger partial charge in [-0.25, -0.2) is 4.52 Å². The minimum Gasteiger partial charge on any atom is -0.347 e. The number of nitrogens with one attached hydrogen (secondary N) is 2. The number of fused-ring (bicyclic) bond motifs is 1. The van der Waals surface area contributed by atoms with E-state index in [-0.39, 0.29) is 12.2 Å². The SMILES string of the molecule is O=C(NCCc1csc2nc(-c3cccs3)nn12)C(=O)Nc1ccc(F)c([N+](=O)[O-])c1. The number of rotatable bonds is 6. The van der Waals surface area contributed by atoms with Crippen molar-refractivity contribution in [2.45, 2.75) is 6.42 Å². The van der Waals surface area contributed by atoms with Crippen LogP contribution in [-0.2, 0) is 16.0 Å². The molecule has 4 aromatic rings. The van der Waals surface area contributed by atoms with E-state index in [0.29, 0.717) is 12.2 Å². The van der Waals surface area contributed by atoms with Gasteiger partial charge in [0.25, 0.3) is 0 Å². The number of halogens is 1. The van der Waals surface area contributed by atoms with E-state index in [0.717, 1.165) is 33.7 Å². The molecule has 4 rings (SSSR count). The number of carbonyl (C=O) groups excluding carboxylic acids is 2. The van der Waals surface area contributed by atoms with Gasteiger partial charge in [-0.3, -0.25) is 19.7 Å². The van der Waals surface area contributed by atoms with E-state index in [2.05, 4.69) is 20.7 Å². The van der Waals surface area contributed by atoms with Crippen molar-refractivity contribution in [2.24, 2.45) is 0 Å². The summed E-state index contributed by atoms with van der Waals surface area (Å²) >= 11 is 2.96. The summed E-state index contributed by atoms with van der Waals surface area (Å²) in [5.41, 5.74) is -0.0314. The predicted molar refractivity (Wildman–Crippen MR) is 113 cm³/mol. The van der Waals surface area contributed by atoms with Gasteiger partial charge in [-0.1, -0.05) is 6.07 Å². The molecule has 0 saturated heterocycles. The standard InChI is InChI=1S/C18H13FN6O4S2/c19-12-4-3-10(8-13(12)25(28)29)21-17(27)16(26)20-6-5-11-9-31-18-22-15(23-24(11)18)14-2-1-7-30-14/h1-4,7-9H,5-6H2,(H,20,26)(H,21,27). The number of nitro benzene ring substituents is 1. The number of amides is 2. The van der Waals surface area contributed by atoms with E-state index in [1.54, 1.807) is 4.52 Å². The van der Waals surface area contributed by atoms with Gasteiger partial charge in [0.2, 0.25) is 10.8 Å². The molecule has 0 radical (unpaired) electrons. The normalized spacial score (nSPS) is 10.9. The van der Waals surface area contributed by atoms with Crippen LogP contribution in [0.5, 0.6) is 0 Å². The average Bonchev–Trinajstić information content (AvgIpc) is 3.46. The van der Waals surface area contributed by atoms with Gasteiger partial charge >= 0.3 is 17.5 Å². The van der Waals surface area contributed by atoms with Crippen molar-refractivity contribution in [3.63, 3.8) is 0 Å². The van der Waals surface area contributed by atoms with E-state index in [9.17, 15) is 24.1 Å². The summed E-state index contributed by atoms with van der Waals surface area (Å²) in [6.07, 6.45) is 0.411. The quantitative estimate of drug-likeness (QED) is 0.258. The first-order valence-electron chi connectivity index (χ1n) is 8.82. The monoisotopic (exact) mass is 460 g/mol. The van der Waals surface area contributed by atoms with E-state index in [4.69, 9.17) is 0 Å². The van der Waals surface area contributed by atoms with Crippen molar-refractivity contribution < 1.29 is 18.9 Å². The number of thiazole rings is 1. The van der Waals surface area contributed by atoms with Crippen molar-refractivity contribution >= 4 is 50.8 Å². The number of nitrogens with zero attached hydrogens (tertiary/aromatic N) is 4.